The number of para-hydroxylation sites is 1. The molecule has 1 amide bonds. The van der Waals surface area contributed by atoms with Crippen molar-refractivity contribution < 1.29 is 4.79 Å². The van der Waals surface area contributed by atoms with Gasteiger partial charge in [-0.15, -0.1) is 10.2 Å². The zero-order chi connectivity index (χ0) is 13.8. The Morgan fingerprint density at radius 1 is 1.32 bits per heavy atom. The topological polar surface area (TPSA) is 59.8 Å². The van der Waals surface area contributed by atoms with Crippen LogP contribution in [0, 0.1) is 6.92 Å². The molecule has 0 saturated heterocycles. The lowest BCUT2D eigenvalue weighted by Gasteiger charge is -2.11. The largest absolute Gasteiger partial charge is 0.325 e. The standard InChI is InChI=1S/C13H16N4OS/c1-9(19-13-16-15-10(2)17(13)3)12(18)14-11-7-5-4-6-8-11/h4-9H,1-3H3,(H,14,18). The number of carbonyl (C=O) groups is 1. The highest BCUT2D eigenvalue weighted by atomic mass is 32.2. The summed E-state index contributed by atoms with van der Waals surface area (Å²) >= 11 is 1.40. The number of aromatic nitrogens is 3. The molecule has 100 valence electrons. The van der Waals surface area contributed by atoms with Crippen molar-refractivity contribution in [2.75, 3.05) is 5.32 Å². The van der Waals surface area contributed by atoms with Crippen LogP contribution in [0.15, 0.2) is 35.5 Å². The van der Waals surface area contributed by atoms with Crippen LogP contribution in [0.5, 0.6) is 0 Å². The van der Waals surface area contributed by atoms with Crippen LogP contribution in [0.4, 0.5) is 5.69 Å². The number of rotatable bonds is 4. The van der Waals surface area contributed by atoms with Crippen molar-refractivity contribution in [2.24, 2.45) is 7.05 Å². The Hall–Kier alpha value is -1.82. The molecule has 1 atom stereocenters. The molecule has 19 heavy (non-hydrogen) atoms. The van der Waals surface area contributed by atoms with E-state index in [2.05, 4.69) is 15.5 Å². The molecule has 1 unspecified atom stereocenters. The first kappa shape index (κ1) is 13.6. The first-order valence-electron chi connectivity index (χ1n) is 5.96. The van der Waals surface area contributed by atoms with Crippen molar-refractivity contribution in [3.05, 3.63) is 36.2 Å². The fourth-order valence-electron chi connectivity index (χ4n) is 1.47. The predicted molar refractivity (Wildman–Crippen MR) is 76.1 cm³/mol. The Labute approximate surface area is 116 Å². The minimum atomic E-state index is -0.234. The molecule has 2 aromatic rings. The molecule has 6 heteroatoms. The van der Waals surface area contributed by atoms with Gasteiger partial charge in [0, 0.05) is 12.7 Å². The quantitative estimate of drug-likeness (QED) is 0.870. The first-order valence-corrected chi connectivity index (χ1v) is 6.84. The van der Waals surface area contributed by atoms with Crippen LogP contribution in [0.2, 0.25) is 0 Å². The molecule has 0 aliphatic carbocycles. The maximum Gasteiger partial charge on any atom is 0.237 e. The number of aryl methyl sites for hydroxylation is 1. The van der Waals surface area contributed by atoms with Crippen LogP contribution in [-0.4, -0.2) is 25.9 Å². The van der Waals surface area contributed by atoms with Crippen molar-refractivity contribution in [1.82, 2.24) is 14.8 Å². The van der Waals surface area contributed by atoms with Gasteiger partial charge < -0.3 is 9.88 Å². The molecule has 1 aromatic carbocycles. The van der Waals surface area contributed by atoms with Gasteiger partial charge in [-0.05, 0) is 26.0 Å². The zero-order valence-corrected chi connectivity index (χ0v) is 11.9. The monoisotopic (exact) mass is 276 g/mol. The van der Waals surface area contributed by atoms with Crippen LogP contribution in [-0.2, 0) is 11.8 Å². The molecule has 1 heterocycles. The van der Waals surface area contributed by atoms with Crippen molar-refractivity contribution in [3.63, 3.8) is 0 Å². The number of thioether (sulfide) groups is 1. The highest BCUT2D eigenvalue weighted by Crippen LogP contribution is 2.22. The van der Waals surface area contributed by atoms with Gasteiger partial charge in [0.05, 0.1) is 5.25 Å². The number of hydrogen-bond donors (Lipinski definition) is 1. The van der Waals surface area contributed by atoms with Crippen molar-refractivity contribution in [2.45, 2.75) is 24.3 Å². The van der Waals surface area contributed by atoms with E-state index in [1.807, 2.05) is 55.8 Å². The number of hydrogen-bond acceptors (Lipinski definition) is 4. The van der Waals surface area contributed by atoms with E-state index in [1.165, 1.54) is 11.8 Å². The van der Waals surface area contributed by atoms with E-state index < -0.39 is 0 Å². The Kier molecular flexibility index (Phi) is 4.21. The van der Waals surface area contributed by atoms with E-state index in [9.17, 15) is 4.79 Å². The van der Waals surface area contributed by atoms with E-state index in [0.29, 0.717) is 0 Å². The third kappa shape index (κ3) is 3.35. The van der Waals surface area contributed by atoms with Gasteiger partial charge in [-0.1, -0.05) is 30.0 Å². The maximum absolute atomic E-state index is 12.0. The summed E-state index contributed by atoms with van der Waals surface area (Å²) in [4.78, 5) is 12.0. The fraction of sp³-hybridized carbons (Fsp3) is 0.308. The smallest absolute Gasteiger partial charge is 0.237 e. The Morgan fingerprint density at radius 3 is 2.58 bits per heavy atom. The molecule has 2 rings (SSSR count). The van der Waals surface area contributed by atoms with Crippen LogP contribution >= 0.6 is 11.8 Å². The Balaban J connectivity index is 1.98. The molecular weight excluding hydrogens is 260 g/mol. The maximum atomic E-state index is 12.0. The molecule has 0 radical (unpaired) electrons. The van der Waals surface area contributed by atoms with Gasteiger partial charge in [0.25, 0.3) is 0 Å². The van der Waals surface area contributed by atoms with Gasteiger partial charge in [-0.3, -0.25) is 4.79 Å². The summed E-state index contributed by atoms with van der Waals surface area (Å²) in [6, 6.07) is 9.42. The summed E-state index contributed by atoms with van der Waals surface area (Å²) < 4.78 is 1.87. The molecule has 5 nitrogen and oxygen atoms in total. The second kappa shape index (κ2) is 5.88. The summed E-state index contributed by atoms with van der Waals surface area (Å²) in [5.74, 6) is 0.787. The molecule has 0 aliphatic heterocycles. The molecule has 1 aromatic heterocycles. The predicted octanol–water partition coefficient (Wildman–Crippen LogP) is 2.24. The van der Waals surface area contributed by atoms with Crippen LogP contribution in [0.25, 0.3) is 0 Å². The number of anilines is 1. The minimum absolute atomic E-state index is 0.0446. The molecule has 0 bridgehead atoms. The zero-order valence-electron chi connectivity index (χ0n) is 11.1. The first-order chi connectivity index (χ1) is 9.08. The number of carbonyl (C=O) groups excluding carboxylic acids is 1. The molecule has 0 saturated carbocycles. The van der Waals surface area contributed by atoms with Crippen LogP contribution in [0.1, 0.15) is 12.7 Å². The Bertz CT molecular complexity index is 567. The number of nitrogens with zero attached hydrogens (tertiary/aromatic N) is 3. The molecule has 0 spiro atoms. The highest BCUT2D eigenvalue weighted by molar-refractivity contribution is 8.00. The van der Waals surface area contributed by atoms with Gasteiger partial charge in [0.15, 0.2) is 5.16 Å². The van der Waals surface area contributed by atoms with E-state index in [1.54, 1.807) is 0 Å². The third-order valence-electron chi connectivity index (χ3n) is 2.75. The lowest BCUT2D eigenvalue weighted by Crippen LogP contribution is -2.22. The van der Waals surface area contributed by atoms with Crippen molar-refractivity contribution >= 4 is 23.4 Å². The Morgan fingerprint density at radius 2 is 2.00 bits per heavy atom. The second-order valence-corrected chi connectivity index (χ2v) is 5.51. The average molecular weight is 276 g/mol. The molecule has 0 fully saturated rings. The van der Waals surface area contributed by atoms with Crippen LogP contribution in [0.3, 0.4) is 0 Å². The minimum Gasteiger partial charge on any atom is -0.325 e. The number of benzene rings is 1. The van der Waals surface area contributed by atoms with Gasteiger partial charge in [-0.2, -0.15) is 0 Å². The number of amides is 1. The van der Waals surface area contributed by atoms with E-state index >= 15 is 0 Å². The normalized spacial score (nSPS) is 12.2. The lowest BCUT2D eigenvalue weighted by molar-refractivity contribution is -0.115. The summed E-state index contributed by atoms with van der Waals surface area (Å²) in [5.41, 5.74) is 0.800. The van der Waals surface area contributed by atoms with Crippen LogP contribution < -0.4 is 5.32 Å². The van der Waals surface area contributed by atoms with E-state index in [-0.39, 0.29) is 11.2 Å². The van der Waals surface area contributed by atoms with Gasteiger partial charge in [-0.25, -0.2) is 0 Å². The fourth-order valence-corrected chi connectivity index (χ4v) is 2.33. The highest BCUT2D eigenvalue weighted by Gasteiger charge is 2.17. The molecule has 1 N–H and O–H groups in total. The second-order valence-electron chi connectivity index (χ2n) is 4.20. The summed E-state index contributed by atoms with van der Waals surface area (Å²) in [7, 11) is 1.89. The SMILES string of the molecule is Cc1nnc(SC(C)C(=O)Nc2ccccc2)n1C. The third-order valence-corrected chi connectivity index (χ3v) is 3.88. The van der Waals surface area contributed by atoms with Gasteiger partial charge in [0.1, 0.15) is 5.82 Å². The molecule has 0 aliphatic rings. The van der Waals surface area contributed by atoms with Crippen molar-refractivity contribution in [1.29, 1.82) is 0 Å². The van der Waals surface area contributed by atoms with E-state index in [0.717, 1.165) is 16.7 Å². The summed E-state index contributed by atoms with van der Waals surface area (Å²) in [6.07, 6.45) is 0. The lowest BCUT2D eigenvalue weighted by atomic mass is 10.3. The summed E-state index contributed by atoms with van der Waals surface area (Å²) in [5, 5.41) is 11.4. The van der Waals surface area contributed by atoms with Gasteiger partial charge >= 0.3 is 0 Å². The van der Waals surface area contributed by atoms with E-state index in [4.69, 9.17) is 0 Å². The number of nitrogens with one attached hydrogen (secondary N) is 1. The molecular formula is C13H16N4OS. The summed E-state index contributed by atoms with van der Waals surface area (Å²) in [6.45, 7) is 3.73. The van der Waals surface area contributed by atoms with Crippen molar-refractivity contribution in [3.8, 4) is 0 Å². The average Bonchev–Trinajstić information content (AvgIpc) is 2.72. The van der Waals surface area contributed by atoms with Gasteiger partial charge in [0.2, 0.25) is 5.91 Å².